The van der Waals surface area contributed by atoms with E-state index in [0.717, 1.165) is 124 Å². The van der Waals surface area contributed by atoms with Gasteiger partial charge in [0.1, 0.15) is 0 Å². The normalized spacial score (nSPS) is 23.9. The number of hydrogen-bond acceptors (Lipinski definition) is 8. The molecule has 0 bridgehead atoms. The summed E-state index contributed by atoms with van der Waals surface area (Å²) >= 11 is 0. The molecule has 4 aliphatic carbocycles. The van der Waals surface area contributed by atoms with Crippen molar-refractivity contribution >= 4 is 43.9 Å². The zero-order valence-corrected chi connectivity index (χ0v) is 33.2. The maximum Gasteiger partial charge on any atom is 0.333 e. The number of hydrogen-bond donors (Lipinski definition) is 5. The lowest BCUT2D eigenvalue weighted by atomic mass is 9.87. The van der Waals surface area contributed by atoms with Gasteiger partial charge in [-0.25, -0.2) is 19.0 Å². The number of likely N-dealkylation sites (tertiary alicyclic amines) is 1. The van der Waals surface area contributed by atoms with Gasteiger partial charge in [-0.1, -0.05) is 12.1 Å². The Balaban J connectivity index is 0.955. The second kappa shape index (κ2) is 14.7. The molecule has 5 N–H and O–H groups in total. The van der Waals surface area contributed by atoms with Gasteiger partial charge in [-0.15, -0.1) is 0 Å². The highest BCUT2D eigenvalue weighted by atomic mass is 32.2. The summed E-state index contributed by atoms with van der Waals surface area (Å²) < 4.78 is 60.4. The largest absolute Gasteiger partial charge is 0.333 e. The van der Waals surface area contributed by atoms with Crippen LogP contribution in [0.3, 0.4) is 0 Å². The number of urea groups is 2. The second-order valence-electron chi connectivity index (χ2n) is 16.9. The van der Waals surface area contributed by atoms with Crippen LogP contribution in [0.15, 0.2) is 12.1 Å². The lowest BCUT2D eigenvalue weighted by Gasteiger charge is -2.36. The van der Waals surface area contributed by atoms with E-state index in [9.17, 15) is 26.4 Å². The van der Waals surface area contributed by atoms with Gasteiger partial charge < -0.3 is 20.4 Å². The number of carbonyl (C=O) groups is 2. The lowest BCUT2D eigenvalue weighted by Crippen LogP contribution is -2.51. The topological polar surface area (TPSA) is 172 Å². The van der Waals surface area contributed by atoms with Gasteiger partial charge in [0.25, 0.3) is 0 Å². The quantitative estimate of drug-likeness (QED) is 0.232. The molecule has 2 heterocycles. The number of benzene rings is 2. The molecule has 2 aromatic carbocycles. The predicted molar refractivity (Wildman–Crippen MR) is 208 cm³/mol. The van der Waals surface area contributed by atoms with Crippen molar-refractivity contribution < 1.29 is 26.4 Å². The van der Waals surface area contributed by atoms with Crippen LogP contribution >= 0.6 is 0 Å². The third kappa shape index (κ3) is 7.74. The van der Waals surface area contributed by atoms with Gasteiger partial charge in [-0.05, 0) is 160 Å². The van der Waals surface area contributed by atoms with Crippen molar-refractivity contribution in [1.82, 2.24) is 28.3 Å². The molecule has 16 heteroatoms. The van der Waals surface area contributed by atoms with Crippen LogP contribution in [0.5, 0.6) is 0 Å². The summed E-state index contributed by atoms with van der Waals surface area (Å²) in [5.41, 5.74) is 10.8. The van der Waals surface area contributed by atoms with Crippen molar-refractivity contribution in [3.8, 4) is 0 Å². The minimum atomic E-state index is -4.01. The summed E-state index contributed by atoms with van der Waals surface area (Å²) in [4.78, 5) is 30.8. The lowest BCUT2D eigenvalue weighted by molar-refractivity contribution is 0.137. The Labute approximate surface area is 319 Å². The number of fused-ring (bicyclic) bond motifs is 4. The van der Waals surface area contributed by atoms with Gasteiger partial charge in [0, 0.05) is 50.6 Å². The minimum Gasteiger partial charge on any atom is -0.309 e. The number of amides is 4. The van der Waals surface area contributed by atoms with Crippen LogP contribution < -0.4 is 24.8 Å². The third-order valence-corrected chi connectivity index (χ3v) is 15.1. The molecule has 6 aliphatic rings. The molecule has 294 valence electrons. The summed E-state index contributed by atoms with van der Waals surface area (Å²) in [7, 11) is -2.06. The van der Waals surface area contributed by atoms with Crippen molar-refractivity contribution in [2.75, 3.05) is 71.0 Å². The first-order chi connectivity index (χ1) is 25.7. The number of rotatable bonds is 11. The van der Waals surface area contributed by atoms with E-state index in [2.05, 4.69) is 46.7 Å². The molecule has 0 spiro atoms. The molecule has 2 saturated heterocycles. The summed E-state index contributed by atoms with van der Waals surface area (Å²) in [6.45, 7) is 3.51. The predicted octanol–water partition coefficient (Wildman–Crippen LogP) is 2.56. The summed E-state index contributed by atoms with van der Waals surface area (Å²) in [6.07, 6.45) is 9.56. The summed E-state index contributed by atoms with van der Waals surface area (Å²) in [5.74, 6) is 1.06. The molecule has 3 atom stereocenters. The van der Waals surface area contributed by atoms with Crippen molar-refractivity contribution in [3.63, 3.8) is 0 Å². The van der Waals surface area contributed by atoms with Gasteiger partial charge in [0.05, 0.1) is 0 Å². The molecule has 0 saturated carbocycles. The average Bonchev–Trinajstić information content (AvgIpc) is 3.91. The van der Waals surface area contributed by atoms with E-state index < -0.39 is 32.5 Å². The van der Waals surface area contributed by atoms with Gasteiger partial charge in [-0.3, -0.25) is 0 Å². The highest BCUT2D eigenvalue weighted by molar-refractivity contribution is 7.88. The summed E-state index contributed by atoms with van der Waals surface area (Å²) in [6, 6.07) is 3.13. The first-order valence-corrected chi connectivity index (χ1v) is 22.5. The molecule has 14 nitrogen and oxygen atoms in total. The Morgan fingerprint density at radius 3 is 1.81 bits per heavy atom. The van der Waals surface area contributed by atoms with Gasteiger partial charge in [0.2, 0.25) is 0 Å². The van der Waals surface area contributed by atoms with E-state index in [-0.39, 0.29) is 18.4 Å². The number of nitrogens with zero attached hydrogens (tertiary/aromatic N) is 3. The number of aryl methyl sites for hydroxylation is 2. The van der Waals surface area contributed by atoms with Gasteiger partial charge in [0.15, 0.2) is 0 Å². The van der Waals surface area contributed by atoms with Crippen molar-refractivity contribution in [3.05, 3.63) is 56.6 Å². The monoisotopic (exact) mass is 782 g/mol. The van der Waals surface area contributed by atoms with E-state index in [4.69, 9.17) is 0 Å². The first kappa shape index (κ1) is 37.6. The van der Waals surface area contributed by atoms with E-state index in [1.807, 2.05) is 21.1 Å². The van der Waals surface area contributed by atoms with E-state index in [0.29, 0.717) is 24.9 Å². The van der Waals surface area contributed by atoms with Crippen molar-refractivity contribution in [2.45, 2.75) is 70.6 Å². The van der Waals surface area contributed by atoms with Crippen LogP contribution in [0.2, 0.25) is 0 Å². The molecule has 2 fully saturated rings. The molecule has 54 heavy (non-hydrogen) atoms. The molecule has 0 aromatic heterocycles. The highest BCUT2D eigenvalue weighted by Gasteiger charge is 2.39. The Kier molecular flexibility index (Phi) is 10.2. The molecule has 4 amide bonds. The molecule has 0 radical (unpaired) electrons. The average molecular weight is 783 g/mol. The van der Waals surface area contributed by atoms with E-state index in [1.165, 1.54) is 26.6 Å². The van der Waals surface area contributed by atoms with Crippen LogP contribution in [-0.4, -0.2) is 103 Å². The second-order valence-corrected chi connectivity index (χ2v) is 20.1. The van der Waals surface area contributed by atoms with Crippen LogP contribution in [0.1, 0.15) is 63.8 Å². The van der Waals surface area contributed by atoms with E-state index >= 15 is 0 Å². The fraction of sp³-hybridized carbons (Fsp3) is 0.632. The van der Waals surface area contributed by atoms with E-state index in [1.54, 1.807) is 0 Å². The zero-order chi connectivity index (χ0) is 37.9. The molecule has 2 aliphatic heterocycles. The SMILES string of the molecule is CN(C)CC1CCN(S(=O)(=O)NC(=O)Nc2c3c(cc4c2CC(C2Cc5cc6c(c(NC(=O)NS(=O)(=O)NCC7CN(C)C7)c5C2)CCC6)C4)CCC3)C1. The van der Waals surface area contributed by atoms with Crippen LogP contribution in [0, 0.1) is 23.7 Å². The molecule has 2 aromatic rings. The molecular weight excluding hydrogens is 729 g/mol. The van der Waals surface area contributed by atoms with Crippen LogP contribution in [0.4, 0.5) is 21.0 Å². The Hall–Kier alpha value is -3.28. The minimum absolute atomic E-state index is 0.228. The zero-order valence-electron chi connectivity index (χ0n) is 31.6. The number of nitrogens with one attached hydrogen (secondary N) is 5. The number of carbonyl (C=O) groups excluding carboxylic acids is 2. The fourth-order valence-corrected chi connectivity index (χ4v) is 12.2. The van der Waals surface area contributed by atoms with Crippen LogP contribution in [0.25, 0.3) is 0 Å². The maximum absolute atomic E-state index is 13.4. The molecule has 8 rings (SSSR count). The standard InChI is InChI=1S/C38H54N8O6S2/c1-44(2)19-23-10-11-46(22-23)54(51,52)43-38(48)41-36-32-9-5-7-26(32)13-30-15-28(17-34(30)36)27-14-29-12-25-6-4-8-31(25)35(33(29)16-27)40-37(47)42-53(49,50)39-18-24-20-45(3)21-24/h12-13,23-24,27-28,39H,4-11,14-22H2,1-3H3,(H2,40,42,47)(H2,41,43,48). The maximum atomic E-state index is 13.4. The Bertz CT molecular complexity index is 2070. The third-order valence-electron chi connectivity index (χ3n) is 12.6. The van der Waals surface area contributed by atoms with Crippen molar-refractivity contribution in [2.24, 2.45) is 23.7 Å². The van der Waals surface area contributed by atoms with Crippen molar-refractivity contribution in [1.29, 1.82) is 0 Å². The smallest absolute Gasteiger partial charge is 0.309 e. The fourth-order valence-electron chi connectivity index (χ4n) is 10.2. The van der Waals surface area contributed by atoms with Gasteiger partial charge in [-0.2, -0.15) is 25.9 Å². The summed E-state index contributed by atoms with van der Waals surface area (Å²) in [5, 5.41) is 6.00. The van der Waals surface area contributed by atoms with Crippen LogP contribution in [-0.2, 0) is 71.8 Å². The Morgan fingerprint density at radius 2 is 1.28 bits per heavy atom. The highest BCUT2D eigenvalue weighted by Crippen LogP contribution is 2.47. The van der Waals surface area contributed by atoms with Gasteiger partial charge >= 0.3 is 32.5 Å². The Morgan fingerprint density at radius 1 is 0.722 bits per heavy atom. The molecule has 3 unspecified atom stereocenters. The molecular formula is C38H54N8O6S2. The first-order valence-electron chi connectivity index (χ1n) is 19.5. The number of anilines is 2.